The van der Waals surface area contributed by atoms with E-state index in [-0.39, 0.29) is 24.3 Å². The van der Waals surface area contributed by atoms with E-state index in [2.05, 4.69) is 10.4 Å². The van der Waals surface area contributed by atoms with Gasteiger partial charge in [0.05, 0.1) is 22.1 Å². The summed E-state index contributed by atoms with van der Waals surface area (Å²) < 4.78 is 7.56. The third-order valence-electron chi connectivity index (χ3n) is 4.70. The largest absolute Gasteiger partial charge is 0.486 e. The van der Waals surface area contributed by atoms with Crippen molar-refractivity contribution in [1.82, 2.24) is 15.1 Å². The molecule has 0 spiro atoms. The molecule has 3 heterocycles. The Morgan fingerprint density at radius 2 is 2.17 bits per heavy atom. The zero-order chi connectivity index (χ0) is 20.5. The molecule has 1 aromatic carbocycles. The third kappa shape index (κ3) is 4.36. The summed E-state index contributed by atoms with van der Waals surface area (Å²) in [6.45, 7) is 4.01. The number of nitrogens with one attached hydrogen (secondary N) is 1. The van der Waals surface area contributed by atoms with Crippen molar-refractivity contribution in [3.63, 3.8) is 0 Å². The SMILES string of the molecule is CC(=O)c1ccc(-c2cc(Cl)c3c(c2)CC(CNC(=O)Cn2ccc(C)n2)O3)s1. The van der Waals surface area contributed by atoms with Crippen LogP contribution in [0.25, 0.3) is 10.4 Å². The van der Waals surface area contributed by atoms with Gasteiger partial charge in [-0.15, -0.1) is 11.3 Å². The molecule has 3 aromatic rings. The number of rotatable bonds is 6. The van der Waals surface area contributed by atoms with E-state index in [9.17, 15) is 9.59 Å². The van der Waals surface area contributed by atoms with Crippen molar-refractivity contribution in [3.05, 3.63) is 57.7 Å². The Hall–Kier alpha value is -2.64. The van der Waals surface area contributed by atoms with Crippen molar-refractivity contribution in [2.24, 2.45) is 0 Å². The van der Waals surface area contributed by atoms with Crippen LogP contribution in [0.2, 0.25) is 5.02 Å². The van der Waals surface area contributed by atoms with E-state index in [4.69, 9.17) is 16.3 Å². The smallest absolute Gasteiger partial charge is 0.241 e. The molecule has 1 unspecified atom stereocenters. The minimum Gasteiger partial charge on any atom is -0.486 e. The number of hydrogen-bond acceptors (Lipinski definition) is 5. The average Bonchev–Trinajstić information content (AvgIpc) is 3.39. The number of ether oxygens (including phenoxy) is 1. The molecule has 1 amide bonds. The van der Waals surface area contributed by atoms with Gasteiger partial charge in [-0.05, 0) is 49.7 Å². The molecule has 0 aliphatic carbocycles. The van der Waals surface area contributed by atoms with Crippen molar-refractivity contribution in [2.75, 3.05) is 6.54 Å². The summed E-state index contributed by atoms with van der Waals surface area (Å²) in [7, 11) is 0. The molecule has 0 saturated carbocycles. The molecular formula is C21H20ClN3O3S. The van der Waals surface area contributed by atoms with Crippen molar-refractivity contribution in [1.29, 1.82) is 0 Å². The Morgan fingerprint density at radius 1 is 1.34 bits per heavy atom. The highest BCUT2D eigenvalue weighted by atomic mass is 35.5. The summed E-state index contributed by atoms with van der Waals surface area (Å²) in [5.74, 6) is 0.605. The average molecular weight is 430 g/mol. The first-order valence-corrected chi connectivity index (χ1v) is 10.5. The number of hydrogen-bond donors (Lipinski definition) is 1. The maximum Gasteiger partial charge on any atom is 0.241 e. The quantitative estimate of drug-likeness (QED) is 0.603. The molecule has 29 heavy (non-hydrogen) atoms. The Labute approximate surface area is 177 Å². The molecule has 1 aliphatic heterocycles. The number of Topliss-reactive ketones (excluding diaryl/α,β-unsaturated/α-hetero) is 1. The van der Waals surface area contributed by atoms with Gasteiger partial charge in [0.1, 0.15) is 18.4 Å². The number of benzene rings is 1. The topological polar surface area (TPSA) is 73.2 Å². The molecule has 150 valence electrons. The van der Waals surface area contributed by atoms with Gasteiger partial charge in [0.2, 0.25) is 5.91 Å². The fourth-order valence-corrected chi connectivity index (χ4v) is 4.48. The number of fused-ring (bicyclic) bond motifs is 1. The van der Waals surface area contributed by atoms with Crippen LogP contribution in [-0.4, -0.2) is 34.1 Å². The molecule has 1 atom stereocenters. The number of aryl methyl sites for hydroxylation is 1. The van der Waals surface area contributed by atoms with Crippen molar-refractivity contribution < 1.29 is 14.3 Å². The van der Waals surface area contributed by atoms with Crippen LogP contribution in [0.3, 0.4) is 0 Å². The van der Waals surface area contributed by atoms with Crippen LogP contribution in [0, 0.1) is 6.92 Å². The van der Waals surface area contributed by atoms with Crippen LogP contribution in [0.4, 0.5) is 0 Å². The second-order valence-corrected chi connectivity index (χ2v) is 8.56. The van der Waals surface area contributed by atoms with Gasteiger partial charge in [0.25, 0.3) is 0 Å². The summed E-state index contributed by atoms with van der Waals surface area (Å²) in [6, 6.07) is 9.53. The lowest BCUT2D eigenvalue weighted by Crippen LogP contribution is -2.36. The van der Waals surface area contributed by atoms with Gasteiger partial charge < -0.3 is 10.1 Å². The summed E-state index contributed by atoms with van der Waals surface area (Å²) in [5.41, 5.74) is 2.85. The number of thiophene rings is 1. The maximum absolute atomic E-state index is 12.1. The predicted octanol–water partition coefficient (Wildman–Crippen LogP) is 3.90. The van der Waals surface area contributed by atoms with E-state index >= 15 is 0 Å². The van der Waals surface area contributed by atoms with Crippen molar-refractivity contribution >= 4 is 34.6 Å². The lowest BCUT2D eigenvalue weighted by Gasteiger charge is -2.12. The second-order valence-electron chi connectivity index (χ2n) is 7.07. The second kappa shape index (κ2) is 8.00. The lowest BCUT2D eigenvalue weighted by atomic mass is 10.1. The molecule has 6 nitrogen and oxygen atoms in total. The summed E-state index contributed by atoms with van der Waals surface area (Å²) in [5, 5.41) is 7.65. The molecule has 4 rings (SSSR count). The molecule has 1 aliphatic rings. The number of nitrogens with zero attached hydrogens (tertiary/aromatic N) is 2. The van der Waals surface area contributed by atoms with Crippen LogP contribution in [0.1, 0.15) is 27.9 Å². The number of halogens is 1. The van der Waals surface area contributed by atoms with E-state index in [1.165, 1.54) is 11.3 Å². The highest BCUT2D eigenvalue weighted by Crippen LogP contribution is 2.41. The molecular weight excluding hydrogens is 410 g/mol. The zero-order valence-electron chi connectivity index (χ0n) is 16.1. The predicted molar refractivity (Wildman–Crippen MR) is 113 cm³/mol. The minimum absolute atomic E-state index is 0.0536. The molecule has 1 N–H and O–H groups in total. The van der Waals surface area contributed by atoms with Crippen LogP contribution < -0.4 is 10.1 Å². The van der Waals surface area contributed by atoms with E-state index < -0.39 is 0 Å². The standard InChI is InChI=1S/C21H20ClN3O3S/c1-12-5-6-25(24-12)11-20(27)23-10-16-8-15-7-14(9-17(22)21(15)28-16)19-4-3-18(29-19)13(2)26/h3-7,9,16H,8,10-11H2,1-2H3,(H,23,27). The lowest BCUT2D eigenvalue weighted by molar-refractivity contribution is -0.122. The molecule has 0 saturated heterocycles. The van der Waals surface area contributed by atoms with Gasteiger partial charge >= 0.3 is 0 Å². The van der Waals surface area contributed by atoms with Crippen LogP contribution in [0.5, 0.6) is 5.75 Å². The maximum atomic E-state index is 12.1. The highest BCUT2D eigenvalue weighted by molar-refractivity contribution is 7.17. The number of aromatic nitrogens is 2. The monoisotopic (exact) mass is 429 g/mol. The Kier molecular flexibility index (Phi) is 5.43. The van der Waals surface area contributed by atoms with Crippen LogP contribution >= 0.6 is 22.9 Å². The van der Waals surface area contributed by atoms with E-state index in [1.54, 1.807) is 17.8 Å². The van der Waals surface area contributed by atoms with Gasteiger partial charge in [-0.3, -0.25) is 14.3 Å². The molecule has 2 aromatic heterocycles. The van der Waals surface area contributed by atoms with E-state index in [1.807, 2.05) is 37.3 Å². The summed E-state index contributed by atoms with van der Waals surface area (Å²) in [4.78, 5) is 25.4. The number of amides is 1. The molecule has 0 bridgehead atoms. The van der Waals surface area contributed by atoms with Gasteiger partial charge in [0.15, 0.2) is 5.78 Å². The van der Waals surface area contributed by atoms with Crippen molar-refractivity contribution in [3.8, 4) is 16.2 Å². The molecule has 0 fully saturated rings. The summed E-state index contributed by atoms with van der Waals surface area (Å²) in [6.07, 6.45) is 2.27. The summed E-state index contributed by atoms with van der Waals surface area (Å²) >= 11 is 7.90. The third-order valence-corrected chi connectivity index (χ3v) is 6.21. The molecule has 8 heteroatoms. The van der Waals surface area contributed by atoms with Crippen LogP contribution in [-0.2, 0) is 17.8 Å². The number of carbonyl (C=O) groups is 2. The minimum atomic E-state index is -0.169. The Bertz CT molecular complexity index is 1090. The Balaban J connectivity index is 1.40. The first-order valence-electron chi connectivity index (χ1n) is 9.26. The first-order chi connectivity index (χ1) is 13.9. The normalized spacial score (nSPS) is 15.1. The Morgan fingerprint density at radius 3 is 2.86 bits per heavy atom. The zero-order valence-corrected chi connectivity index (χ0v) is 17.6. The van der Waals surface area contributed by atoms with Gasteiger partial charge in [-0.1, -0.05) is 11.6 Å². The number of ketones is 1. The molecule has 0 radical (unpaired) electrons. The van der Waals surface area contributed by atoms with Crippen molar-refractivity contribution in [2.45, 2.75) is 32.9 Å². The fraction of sp³-hybridized carbons (Fsp3) is 0.286. The first kappa shape index (κ1) is 19.7. The van der Waals surface area contributed by atoms with Gasteiger partial charge in [-0.25, -0.2) is 0 Å². The van der Waals surface area contributed by atoms with E-state index in [0.717, 1.165) is 26.6 Å². The highest BCUT2D eigenvalue weighted by Gasteiger charge is 2.26. The van der Waals surface area contributed by atoms with Crippen LogP contribution in [0.15, 0.2) is 36.5 Å². The number of carbonyl (C=O) groups excluding carboxylic acids is 2. The van der Waals surface area contributed by atoms with Gasteiger partial charge in [-0.2, -0.15) is 5.10 Å². The van der Waals surface area contributed by atoms with E-state index in [0.29, 0.717) is 23.7 Å². The van der Waals surface area contributed by atoms with Gasteiger partial charge in [0, 0.05) is 23.1 Å². The fourth-order valence-electron chi connectivity index (χ4n) is 3.31.